The average molecular weight is 249 g/mol. The number of nitrogens with two attached hydrogens (primary N) is 1. The third-order valence-electron chi connectivity index (χ3n) is 3.10. The predicted octanol–water partition coefficient (Wildman–Crippen LogP) is 3.20. The molecular formula is C15H23NO2. The zero-order valence-corrected chi connectivity index (χ0v) is 11.1. The first-order valence-corrected chi connectivity index (χ1v) is 6.61. The van der Waals surface area contributed by atoms with Crippen LogP contribution in [-0.2, 0) is 9.53 Å². The Kier molecular flexibility index (Phi) is 7.11. The summed E-state index contributed by atoms with van der Waals surface area (Å²) in [5, 5.41) is 0. The van der Waals surface area contributed by atoms with Gasteiger partial charge in [-0.2, -0.15) is 0 Å². The third kappa shape index (κ3) is 5.82. The minimum absolute atomic E-state index is 0.115. The van der Waals surface area contributed by atoms with Gasteiger partial charge in [-0.25, -0.2) is 0 Å². The summed E-state index contributed by atoms with van der Waals surface area (Å²) in [6.07, 6.45) is 5.74. The van der Waals surface area contributed by atoms with Crippen LogP contribution in [0.2, 0.25) is 0 Å². The molecular weight excluding hydrogens is 226 g/mol. The summed E-state index contributed by atoms with van der Waals surface area (Å²) < 4.78 is 4.59. The van der Waals surface area contributed by atoms with Crippen molar-refractivity contribution in [1.82, 2.24) is 0 Å². The van der Waals surface area contributed by atoms with Crippen LogP contribution in [0.25, 0.3) is 0 Å². The summed E-state index contributed by atoms with van der Waals surface area (Å²) >= 11 is 0. The fourth-order valence-corrected chi connectivity index (χ4v) is 1.96. The molecule has 0 aromatic heterocycles. The number of methoxy groups -OCH3 is 1. The first kappa shape index (κ1) is 14.7. The highest BCUT2D eigenvalue weighted by Gasteiger charge is 2.05. The second-order valence-corrected chi connectivity index (χ2v) is 4.55. The van der Waals surface area contributed by atoms with Gasteiger partial charge in [-0.1, -0.05) is 49.6 Å². The molecule has 100 valence electrons. The third-order valence-corrected chi connectivity index (χ3v) is 3.10. The molecule has 1 rings (SSSR count). The molecule has 0 heterocycles. The van der Waals surface area contributed by atoms with E-state index in [4.69, 9.17) is 5.73 Å². The zero-order chi connectivity index (χ0) is 13.2. The summed E-state index contributed by atoms with van der Waals surface area (Å²) in [4.78, 5) is 10.9. The number of carbonyl (C=O) groups is 1. The molecule has 0 aliphatic rings. The molecule has 1 aromatic rings. The minimum atomic E-state index is -0.115. The van der Waals surface area contributed by atoms with E-state index in [-0.39, 0.29) is 12.0 Å². The van der Waals surface area contributed by atoms with E-state index >= 15 is 0 Å². The number of hydrogen-bond acceptors (Lipinski definition) is 3. The largest absolute Gasteiger partial charge is 0.469 e. The second-order valence-electron chi connectivity index (χ2n) is 4.55. The molecule has 18 heavy (non-hydrogen) atoms. The molecule has 0 bridgehead atoms. The maximum Gasteiger partial charge on any atom is 0.305 e. The number of esters is 1. The van der Waals surface area contributed by atoms with Gasteiger partial charge in [0.05, 0.1) is 7.11 Å². The summed E-state index contributed by atoms with van der Waals surface area (Å²) in [6, 6.07) is 10.3. The van der Waals surface area contributed by atoms with Gasteiger partial charge >= 0.3 is 5.97 Å². The highest BCUT2D eigenvalue weighted by molar-refractivity contribution is 5.68. The van der Waals surface area contributed by atoms with Gasteiger partial charge in [0.25, 0.3) is 0 Å². The molecule has 3 heteroatoms. The lowest BCUT2D eigenvalue weighted by Crippen LogP contribution is -2.09. The standard InChI is InChI=1S/C15H23NO2/c1-18-15(17)12-8-3-2-7-11-14(16)13-9-5-4-6-10-13/h4-6,9-10,14H,2-3,7-8,11-12,16H2,1H3. The molecule has 0 saturated carbocycles. The van der Waals surface area contributed by atoms with Crippen LogP contribution in [0.3, 0.4) is 0 Å². The van der Waals surface area contributed by atoms with Crippen LogP contribution >= 0.6 is 0 Å². The Morgan fingerprint density at radius 1 is 1.17 bits per heavy atom. The smallest absolute Gasteiger partial charge is 0.305 e. The van der Waals surface area contributed by atoms with Crippen LogP contribution in [0.1, 0.15) is 50.1 Å². The van der Waals surface area contributed by atoms with E-state index in [1.807, 2.05) is 18.2 Å². The van der Waals surface area contributed by atoms with Crippen molar-refractivity contribution in [2.75, 3.05) is 7.11 Å². The zero-order valence-electron chi connectivity index (χ0n) is 11.1. The summed E-state index contributed by atoms with van der Waals surface area (Å²) in [6.45, 7) is 0. The summed E-state index contributed by atoms with van der Waals surface area (Å²) in [5.74, 6) is -0.115. The van der Waals surface area contributed by atoms with Crippen molar-refractivity contribution in [3.8, 4) is 0 Å². The maximum atomic E-state index is 10.9. The molecule has 0 aliphatic heterocycles. The van der Waals surface area contributed by atoms with E-state index in [1.54, 1.807) is 0 Å². The van der Waals surface area contributed by atoms with E-state index in [0.29, 0.717) is 6.42 Å². The van der Waals surface area contributed by atoms with E-state index in [2.05, 4.69) is 16.9 Å². The topological polar surface area (TPSA) is 52.3 Å². The molecule has 0 fully saturated rings. The van der Waals surface area contributed by atoms with Crippen LogP contribution in [0.5, 0.6) is 0 Å². The van der Waals surface area contributed by atoms with Crippen LogP contribution in [0, 0.1) is 0 Å². The second kappa shape index (κ2) is 8.70. The molecule has 3 nitrogen and oxygen atoms in total. The summed E-state index contributed by atoms with van der Waals surface area (Å²) in [7, 11) is 1.43. The molecule has 0 amide bonds. The lowest BCUT2D eigenvalue weighted by atomic mass is 10.0. The van der Waals surface area contributed by atoms with Gasteiger partial charge in [-0.05, 0) is 18.4 Å². The number of unbranched alkanes of at least 4 members (excludes halogenated alkanes) is 3. The van der Waals surface area contributed by atoms with E-state index in [1.165, 1.54) is 12.7 Å². The quantitative estimate of drug-likeness (QED) is 0.568. The SMILES string of the molecule is COC(=O)CCCCCCC(N)c1ccccc1. The number of benzene rings is 1. The minimum Gasteiger partial charge on any atom is -0.469 e. The van der Waals surface area contributed by atoms with Crippen molar-refractivity contribution < 1.29 is 9.53 Å². The number of hydrogen-bond donors (Lipinski definition) is 1. The van der Waals surface area contributed by atoms with Crippen LogP contribution in [0.15, 0.2) is 30.3 Å². The van der Waals surface area contributed by atoms with Gasteiger partial charge < -0.3 is 10.5 Å². The molecule has 0 saturated heterocycles. The molecule has 0 radical (unpaired) electrons. The van der Waals surface area contributed by atoms with Crippen molar-refractivity contribution in [2.24, 2.45) is 5.73 Å². The fraction of sp³-hybridized carbons (Fsp3) is 0.533. The Bertz CT molecular complexity index is 338. The van der Waals surface area contributed by atoms with Gasteiger partial charge in [0, 0.05) is 12.5 Å². The van der Waals surface area contributed by atoms with Crippen molar-refractivity contribution in [3.63, 3.8) is 0 Å². The van der Waals surface area contributed by atoms with E-state index in [9.17, 15) is 4.79 Å². The Labute approximate surface area is 109 Å². The number of carbonyl (C=O) groups excluding carboxylic acids is 1. The van der Waals surface area contributed by atoms with Crippen molar-refractivity contribution in [3.05, 3.63) is 35.9 Å². The van der Waals surface area contributed by atoms with Crippen molar-refractivity contribution in [2.45, 2.75) is 44.6 Å². The van der Waals surface area contributed by atoms with Gasteiger partial charge in [0.2, 0.25) is 0 Å². The molecule has 0 spiro atoms. The maximum absolute atomic E-state index is 10.9. The Morgan fingerprint density at radius 3 is 2.50 bits per heavy atom. The summed E-state index contributed by atoms with van der Waals surface area (Å²) in [5.41, 5.74) is 7.31. The van der Waals surface area contributed by atoms with Crippen molar-refractivity contribution >= 4 is 5.97 Å². The number of ether oxygens (including phenoxy) is 1. The highest BCUT2D eigenvalue weighted by atomic mass is 16.5. The van der Waals surface area contributed by atoms with Gasteiger partial charge in [-0.3, -0.25) is 4.79 Å². The Morgan fingerprint density at radius 2 is 1.83 bits per heavy atom. The van der Waals surface area contributed by atoms with Gasteiger partial charge in [-0.15, -0.1) is 0 Å². The van der Waals surface area contributed by atoms with Crippen LogP contribution < -0.4 is 5.73 Å². The first-order valence-electron chi connectivity index (χ1n) is 6.61. The fourth-order valence-electron chi connectivity index (χ4n) is 1.96. The molecule has 1 atom stereocenters. The molecule has 2 N–H and O–H groups in total. The molecule has 0 aliphatic carbocycles. The lowest BCUT2D eigenvalue weighted by molar-refractivity contribution is -0.140. The van der Waals surface area contributed by atoms with Gasteiger partial charge in [0.1, 0.15) is 0 Å². The normalized spacial score (nSPS) is 12.1. The Hall–Kier alpha value is -1.35. The monoisotopic (exact) mass is 249 g/mol. The van der Waals surface area contributed by atoms with Gasteiger partial charge in [0.15, 0.2) is 0 Å². The highest BCUT2D eigenvalue weighted by Crippen LogP contribution is 2.17. The molecule has 1 unspecified atom stereocenters. The first-order chi connectivity index (χ1) is 8.74. The Balaban J connectivity index is 2.06. The average Bonchev–Trinajstić information content (AvgIpc) is 2.43. The lowest BCUT2D eigenvalue weighted by Gasteiger charge is -2.11. The van der Waals surface area contributed by atoms with Crippen LogP contribution in [0.4, 0.5) is 0 Å². The van der Waals surface area contributed by atoms with Crippen molar-refractivity contribution in [1.29, 1.82) is 0 Å². The predicted molar refractivity (Wildman–Crippen MR) is 73.1 cm³/mol. The number of rotatable bonds is 8. The molecule has 1 aromatic carbocycles. The van der Waals surface area contributed by atoms with E-state index < -0.39 is 0 Å². The van der Waals surface area contributed by atoms with E-state index in [0.717, 1.165) is 32.1 Å². The van der Waals surface area contributed by atoms with Crippen LogP contribution in [-0.4, -0.2) is 13.1 Å².